The van der Waals surface area contributed by atoms with Crippen LogP contribution < -0.4 is 19.1 Å². The number of methoxy groups -OCH3 is 1. The predicted octanol–water partition coefficient (Wildman–Crippen LogP) is 3.27. The van der Waals surface area contributed by atoms with Gasteiger partial charge < -0.3 is 14.8 Å². The minimum absolute atomic E-state index is 0.280. The molecule has 0 aromatic heterocycles. The molecule has 2 aromatic rings. The summed E-state index contributed by atoms with van der Waals surface area (Å²) >= 11 is 0. The normalized spacial score (nSPS) is 18.5. The first kappa shape index (κ1) is 22.0. The van der Waals surface area contributed by atoms with E-state index in [1.807, 2.05) is 38.1 Å². The molecule has 8 heteroatoms. The lowest BCUT2D eigenvalue weighted by Crippen LogP contribution is -2.50. The van der Waals surface area contributed by atoms with Crippen LogP contribution in [0.2, 0.25) is 0 Å². The Morgan fingerprint density at radius 2 is 1.83 bits per heavy atom. The molecule has 0 fully saturated rings. The van der Waals surface area contributed by atoms with Gasteiger partial charge in [-0.25, -0.2) is 8.42 Å². The molecule has 0 unspecified atom stereocenters. The highest BCUT2D eigenvalue weighted by molar-refractivity contribution is 7.92. The summed E-state index contributed by atoms with van der Waals surface area (Å²) in [6, 6.07) is 12.9. The average molecular weight is 433 g/mol. The van der Waals surface area contributed by atoms with Crippen molar-refractivity contribution in [1.29, 1.82) is 0 Å². The standard InChI is InChI=1S/C22H28N2O5S/c1-15(24(30(5,26)27)16-10-12-17(28-4)13-11-16)21(25)23-19-14-22(2,3)29-20-9-7-6-8-18(19)20/h6-13,15,19H,14H2,1-5H3,(H,23,25)/t15-,19-/m0/s1. The van der Waals surface area contributed by atoms with Crippen LogP contribution in [0.1, 0.15) is 38.8 Å². The van der Waals surface area contributed by atoms with Crippen molar-refractivity contribution >= 4 is 21.6 Å². The van der Waals surface area contributed by atoms with E-state index in [9.17, 15) is 13.2 Å². The van der Waals surface area contributed by atoms with Gasteiger partial charge in [0, 0.05) is 12.0 Å². The topological polar surface area (TPSA) is 84.9 Å². The Morgan fingerprint density at radius 3 is 2.43 bits per heavy atom. The van der Waals surface area contributed by atoms with Crippen molar-refractivity contribution in [1.82, 2.24) is 5.32 Å². The molecular formula is C22H28N2O5S. The van der Waals surface area contributed by atoms with Gasteiger partial charge in [0.05, 0.1) is 25.1 Å². The number of ether oxygens (including phenoxy) is 2. The third kappa shape index (κ3) is 4.70. The van der Waals surface area contributed by atoms with Crippen LogP contribution in [0, 0.1) is 0 Å². The summed E-state index contributed by atoms with van der Waals surface area (Å²) in [5.41, 5.74) is 0.823. The van der Waals surface area contributed by atoms with E-state index < -0.39 is 21.7 Å². The number of hydrogen-bond acceptors (Lipinski definition) is 5. The highest BCUT2D eigenvalue weighted by atomic mass is 32.2. The van der Waals surface area contributed by atoms with Gasteiger partial charge in [0.1, 0.15) is 23.1 Å². The van der Waals surface area contributed by atoms with Crippen molar-refractivity contribution in [2.24, 2.45) is 0 Å². The number of anilines is 1. The molecule has 0 aliphatic carbocycles. The number of nitrogens with zero attached hydrogens (tertiary/aromatic N) is 1. The molecular weight excluding hydrogens is 404 g/mol. The number of hydrogen-bond donors (Lipinski definition) is 1. The van der Waals surface area contributed by atoms with Crippen molar-refractivity contribution in [3.05, 3.63) is 54.1 Å². The minimum Gasteiger partial charge on any atom is -0.497 e. The Morgan fingerprint density at radius 1 is 1.20 bits per heavy atom. The molecule has 1 N–H and O–H groups in total. The SMILES string of the molecule is COc1ccc(N([C@@H](C)C(=O)N[C@H]2CC(C)(C)Oc3ccccc32)S(C)(=O)=O)cc1. The van der Waals surface area contributed by atoms with Gasteiger partial charge in [-0.15, -0.1) is 0 Å². The first-order valence-corrected chi connectivity index (χ1v) is 11.6. The van der Waals surface area contributed by atoms with Gasteiger partial charge >= 0.3 is 0 Å². The fourth-order valence-electron chi connectivity index (χ4n) is 3.76. The van der Waals surface area contributed by atoms with Crippen LogP contribution in [0.3, 0.4) is 0 Å². The van der Waals surface area contributed by atoms with Gasteiger partial charge in [-0.3, -0.25) is 9.10 Å². The quantitative estimate of drug-likeness (QED) is 0.757. The maximum Gasteiger partial charge on any atom is 0.244 e. The van der Waals surface area contributed by atoms with E-state index in [-0.39, 0.29) is 11.9 Å². The first-order valence-electron chi connectivity index (χ1n) is 9.73. The van der Waals surface area contributed by atoms with Crippen LogP contribution in [0.5, 0.6) is 11.5 Å². The van der Waals surface area contributed by atoms with Gasteiger partial charge in [0.2, 0.25) is 15.9 Å². The van der Waals surface area contributed by atoms with Crippen LogP contribution in [0.4, 0.5) is 5.69 Å². The third-order valence-electron chi connectivity index (χ3n) is 5.11. The molecule has 0 radical (unpaired) electrons. The molecule has 1 aliphatic heterocycles. The van der Waals surface area contributed by atoms with Crippen molar-refractivity contribution < 1.29 is 22.7 Å². The number of nitrogens with one attached hydrogen (secondary N) is 1. The van der Waals surface area contributed by atoms with Gasteiger partial charge in [-0.05, 0) is 51.1 Å². The second-order valence-electron chi connectivity index (χ2n) is 8.10. The first-order chi connectivity index (χ1) is 14.0. The van der Waals surface area contributed by atoms with E-state index >= 15 is 0 Å². The Kier molecular flexibility index (Phi) is 5.99. The fourth-order valence-corrected chi connectivity index (χ4v) is 4.94. The summed E-state index contributed by atoms with van der Waals surface area (Å²) in [4.78, 5) is 13.1. The largest absolute Gasteiger partial charge is 0.497 e. The summed E-state index contributed by atoms with van der Waals surface area (Å²) in [6.45, 7) is 5.51. The number of rotatable bonds is 6. The number of carbonyl (C=O) groups excluding carboxylic acids is 1. The van der Waals surface area contributed by atoms with Gasteiger partial charge in [0.15, 0.2) is 0 Å². The van der Waals surface area contributed by atoms with Gasteiger partial charge in [-0.2, -0.15) is 0 Å². The lowest BCUT2D eigenvalue weighted by Gasteiger charge is -2.38. The second-order valence-corrected chi connectivity index (χ2v) is 9.96. The Balaban J connectivity index is 1.87. The van der Waals surface area contributed by atoms with E-state index in [2.05, 4.69) is 5.32 Å². The van der Waals surface area contributed by atoms with Crippen molar-refractivity contribution in [2.75, 3.05) is 17.7 Å². The minimum atomic E-state index is -3.70. The summed E-state index contributed by atoms with van der Waals surface area (Å²) in [7, 11) is -2.16. The lowest BCUT2D eigenvalue weighted by atomic mass is 9.89. The van der Waals surface area contributed by atoms with E-state index in [1.165, 1.54) is 7.11 Å². The Labute approximate surface area is 178 Å². The van der Waals surface area contributed by atoms with E-state index in [1.54, 1.807) is 31.2 Å². The van der Waals surface area contributed by atoms with Crippen LogP contribution >= 0.6 is 0 Å². The molecule has 1 aliphatic rings. The zero-order valence-electron chi connectivity index (χ0n) is 17.9. The molecule has 1 heterocycles. The summed E-state index contributed by atoms with van der Waals surface area (Å²) in [5.74, 6) is 0.945. The highest BCUT2D eigenvalue weighted by Gasteiger charge is 2.36. The van der Waals surface area contributed by atoms with Crippen molar-refractivity contribution in [2.45, 2.75) is 44.9 Å². The molecule has 162 valence electrons. The van der Waals surface area contributed by atoms with Crippen LogP contribution in [-0.2, 0) is 14.8 Å². The van der Waals surface area contributed by atoms with E-state index in [4.69, 9.17) is 9.47 Å². The monoisotopic (exact) mass is 432 g/mol. The molecule has 0 saturated carbocycles. The number of para-hydroxylation sites is 1. The van der Waals surface area contributed by atoms with Crippen LogP contribution in [-0.4, -0.2) is 39.3 Å². The molecule has 2 atom stereocenters. The number of sulfonamides is 1. The zero-order chi connectivity index (χ0) is 22.1. The van der Waals surface area contributed by atoms with Crippen molar-refractivity contribution in [3.8, 4) is 11.5 Å². The second kappa shape index (κ2) is 8.18. The van der Waals surface area contributed by atoms with Gasteiger partial charge in [-0.1, -0.05) is 18.2 Å². The lowest BCUT2D eigenvalue weighted by molar-refractivity contribution is -0.123. The number of amides is 1. The zero-order valence-corrected chi connectivity index (χ0v) is 18.7. The predicted molar refractivity (Wildman–Crippen MR) is 116 cm³/mol. The van der Waals surface area contributed by atoms with E-state index in [0.29, 0.717) is 17.9 Å². The molecule has 3 rings (SSSR count). The van der Waals surface area contributed by atoms with E-state index in [0.717, 1.165) is 21.9 Å². The maximum atomic E-state index is 13.1. The fraction of sp³-hybridized carbons (Fsp3) is 0.409. The summed E-state index contributed by atoms with van der Waals surface area (Å²) in [5, 5.41) is 3.03. The molecule has 1 amide bonds. The van der Waals surface area contributed by atoms with Crippen LogP contribution in [0.15, 0.2) is 48.5 Å². The average Bonchev–Trinajstić information content (AvgIpc) is 2.66. The molecule has 0 bridgehead atoms. The van der Waals surface area contributed by atoms with Crippen molar-refractivity contribution in [3.63, 3.8) is 0 Å². The molecule has 0 spiro atoms. The van der Waals surface area contributed by atoms with Crippen LogP contribution in [0.25, 0.3) is 0 Å². The number of fused-ring (bicyclic) bond motifs is 1. The summed E-state index contributed by atoms with van der Waals surface area (Å²) < 4.78 is 37.3. The third-order valence-corrected chi connectivity index (χ3v) is 6.35. The molecule has 2 aromatic carbocycles. The number of benzene rings is 2. The molecule has 7 nitrogen and oxygen atoms in total. The molecule has 30 heavy (non-hydrogen) atoms. The Bertz CT molecular complexity index is 1020. The Hall–Kier alpha value is -2.74. The number of carbonyl (C=O) groups is 1. The maximum absolute atomic E-state index is 13.1. The summed E-state index contributed by atoms with van der Waals surface area (Å²) in [6.07, 6.45) is 1.66. The van der Waals surface area contributed by atoms with Gasteiger partial charge in [0.25, 0.3) is 0 Å². The smallest absolute Gasteiger partial charge is 0.244 e. The highest BCUT2D eigenvalue weighted by Crippen LogP contribution is 2.39. The molecule has 0 saturated heterocycles.